The summed E-state index contributed by atoms with van der Waals surface area (Å²) in [5.41, 5.74) is 16.3. The normalized spacial score (nSPS) is 15.1. The number of hydrogen-bond acceptors (Lipinski definition) is 5. The highest BCUT2D eigenvalue weighted by Gasteiger charge is 2.36. The molecule has 6 heteroatoms. The third kappa shape index (κ3) is 6.90. The van der Waals surface area contributed by atoms with Gasteiger partial charge in [-0.25, -0.2) is 4.98 Å². The smallest absolute Gasteiger partial charge is 0.238 e. The minimum absolute atomic E-state index is 0.513. The van der Waals surface area contributed by atoms with Gasteiger partial charge in [0.15, 0.2) is 11.6 Å². The van der Waals surface area contributed by atoms with Crippen LogP contribution in [-0.2, 0) is 0 Å². The van der Waals surface area contributed by atoms with Crippen molar-refractivity contribution >= 4 is 71.3 Å². The Hall–Kier alpha value is -9.13. The van der Waals surface area contributed by atoms with E-state index < -0.39 is 0 Å². The Morgan fingerprint density at radius 3 is 1.85 bits per heavy atom. The van der Waals surface area contributed by atoms with Gasteiger partial charge in [-0.1, -0.05) is 172 Å². The van der Waals surface area contributed by atoms with Crippen molar-refractivity contribution in [3.8, 4) is 61.8 Å². The average molecular weight is 927 g/mol. The lowest BCUT2D eigenvalue weighted by Crippen LogP contribution is -2.09. The van der Waals surface area contributed by atoms with Crippen LogP contribution in [-0.4, -0.2) is 19.5 Å². The van der Waals surface area contributed by atoms with Crippen molar-refractivity contribution in [2.24, 2.45) is 11.8 Å². The summed E-state index contributed by atoms with van der Waals surface area (Å²) in [5.74, 6) is 2.91. The molecule has 9 aromatic carbocycles. The zero-order valence-corrected chi connectivity index (χ0v) is 39.8. The molecule has 2 atom stereocenters. The molecule has 15 rings (SSSR count). The highest BCUT2D eigenvalue weighted by atomic mass is 16.3. The Morgan fingerprint density at radius 1 is 0.417 bits per heavy atom. The Kier molecular flexibility index (Phi) is 9.75. The van der Waals surface area contributed by atoms with Crippen molar-refractivity contribution in [1.82, 2.24) is 19.5 Å². The fraction of sp³-hybridized carbons (Fsp3) is 0.0758. The predicted octanol–water partition coefficient (Wildman–Crippen LogP) is 17.7. The zero-order chi connectivity index (χ0) is 47.9. The van der Waals surface area contributed by atoms with Crippen LogP contribution in [0.2, 0.25) is 0 Å². The van der Waals surface area contributed by atoms with Gasteiger partial charge in [0.25, 0.3) is 0 Å². The van der Waals surface area contributed by atoms with Gasteiger partial charge in [-0.15, -0.1) is 0 Å². The molecule has 1 fully saturated rings. The third-order valence-electron chi connectivity index (χ3n) is 14.5. The van der Waals surface area contributed by atoms with Crippen molar-refractivity contribution < 1.29 is 8.83 Å². The van der Waals surface area contributed by atoms with Gasteiger partial charge >= 0.3 is 0 Å². The molecule has 2 aliphatic rings. The van der Waals surface area contributed by atoms with Gasteiger partial charge in [0.1, 0.15) is 22.3 Å². The molecule has 0 aliphatic heterocycles. The first-order valence-corrected chi connectivity index (χ1v) is 25.0. The summed E-state index contributed by atoms with van der Waals surface area (Å²) in [7, 11) is 0. The summed E-state index contributed by atoms with van der Waals surface area (Å²) in [6, 6.07) is 70.9. The number of allylic oxidation sites excluding steroid dienone is 4. The van der Waals surface area contributed by atoms with Gasteiger partial charge in [0, 0.05) is 49.0 Å². The van der Waals surface area contributed by atoms with E-state index in [0.29, 0.717) is 29.4 Å². The van der Waals surface area contributed by atoms with Crippen molar-refractivity contribution in [1.29, 1.82) is 0 Å². The monoisotopic (exact) mass is 926 g/mol. The Bertz CT molecular complexity index is 4360. The zero-order valence-electron chi connectivity index (χ0n) is 39.8. The van der Waals surface area contributed by atoms with E-state index in [-0.39, 0.29) is 0 Å². The van der Waals surface area contributed by atoms with Crippen molar-refractivity contribution in [3.05, 3.63) is 224 Å². The Labute approximate surface area is 415 Å². The van der Waals surface area contributed by atoms with Crippen LogP contribution in [0, 0.1) is 11.8 Å². The second kappa shape index (κ2) is 16.8. The molecule has 13 aromatic rings. The SMILES string of the molecule is C1=CC2CC2C=C1c1nc(-c2ccc3c(c2)oc2ccccc23)nc(-n2c3ccccc3c3cc(-c4ccccc4)cc(-c4cccc(-c5cccc(-c6cccc7oc8ccccc8c67)c5)c4)c32)n1.CC. The summed E-state index contributed by atoms with van der Waals surface area (Å²) in [6.45, 7) is 4.00. The maximum Gasteiger partial charge on any atom is 0.238 e. The number of benzene rings is 9. The summed E-state index contributed by atoms with van der Waals surface area (Å²) < 4.78 is 15.0. The van der Waals surface area contributed by atoms with Crippen LogP contribution in [0.1, 0.15) is 26.1 Å². The standard InChI is InChI=1S/C64H40N4O2.C2H6/c1-2-13-38(14-3-1)47-35-53(43-18-11-16-40(32-43)39-15-10-17-42(31-39)48-22-12-26-58-60(48)52-21-6-9-25-57(52)69-58)61-54(36-47)49-19-4-7-23-55(49)68(61)64-66-62(44-28-27-41-33-46(41)34-44)65-63(67-64)45-29-30-51-50-20-5-8-24-56(50)70-59(51)37-45;1-2/h1-32,34-37,41,46H,33H2;1-2H3. The summed E-state index contributed by atoms with van der Waals surface area (Å²) in [5, 5.41) is 6.62. The second-order valence-corrected chi connectivity index (χ2v) is 18.7. The van der Waals surface area contributed by atoms with Gasteiger partial charge in [0.05, 0.1) is 11.0 Å². The number of aromatic nitrogens is 4. The molecule has 0 amide bonds. The molecule has 4 heterocycles. The molecule has 0 radical (unpaired) electrons. The number of hydrogen-bond donors (Lipinski definition) is 0. The van der Waals surface area contributed by atoms with E-state index in [2.05, 4.69) is 193 Å². The number of para-hydroxylation sites is 3. The Balaban J connectivity index is 0.00000238. The number of fused-ring (bicyclic) bond motifs is 10. The first-order valence-electron chi connectivity index (χ1n) is 25.0. The molecule has 4 aromatic heterocycles. The molecule has 342 valence electrons. The highest BCUT2D eigenvalue weighted by molar-refractivity contribution is 6.16. The van der Waals surface area contributed by atoms with Gasteiger partial charge in [-0.05, 0) is 118 Å². The molecule has 1 saturated carbocycles. The van der Waals surface area contributed by atoms with Crippen LogP contribution < -0.4 is 0 Å². The first kappa shape index (κ1) is 41.8. The van der Waals surface area contributed by atoms with Crippen LogP contribution in [0.25, 0.3) is 133 Å². The maximum atomic E-state index is 6.41. The minimum atomic E-state index is 0.513. The predicted molar refractivity (Wildman–Crippen MR) is 296 cm³/mol. The molecular weight excluding hydrogens is 881 g/mol. The van der Waals surface area contributed by atoms with Crippen LogP contribution in [0.4, 0.5) is 0 Å². The Morgan fingerprint density at radius 2 is 1.04 bits per heavy atom. The summed E-state index contributed by atoms with van der Waals surface area (Å²) in [6.07, 6.45) is 8.02. The summed E-state index contributed by atoms with van der Waals surface area (Å²) >= 11 is 0. The molecule has 72 heavy (non-hydrogen) atoms. The quantitative estimate of drug-likeness (QED) is 0.159. The second-order valence-electron chi connectivity index (χ2n) is 18.7. The fourth-order valence-electron chi connectivity index (χ4n) is 11.0. The van der Waals surface area contributed by atoms with Crippen LogP contribution in [0.15, 0.2) is 227 Å². The number of furan rings is 2. The number of nitrogens with zero attached hydrogens (tertiary/aromatic N) is 4. The van der Waals surface area contributed by atoms with Gasteiger partial charge in [-0.2, -0.15) is 9.97 Å². The fourth-order valence-corrected chi connectivity index (χ4v) is 11.0. The van der Waals surface area contributed by atoms with E-state index in [1.807, 2.05) is 44.2 Å². The largest absolute Gasteiger partial charge is 0.456 e. The summed E-state index contributed by atoms with van der Waals surface area (Å²) in [4.78, 5) is 16.1. The van der Waals surface area contributed by atoms with E-state index in [1.54, 1.807) is 0 Å². The van der Waals surface area contributed by atoms with Crippen LogP contribution in [0.5, 0.6) is 0 Å². The highest BCUT2D eigenvalue weighted by Crippen LogP contribution is 2.47. The van der Waals surface area contributed by atoms with Gasteiger partial charge < -0.3 is 8.83 Å². The molecule has 0 bridgehead atoms. The molecule has 2 aliphatic carbocycles. The third-order valence-corrected chi connectivity index (χ3v) is 14.5. The lowest BCUT2D eigenvalue weighted by atomic mass is 9.92. The number of rotatable bonds is 7. The van der Waals surface area contributed by atoms with Gasteiger partial charge in [-0.3, -0.25) is 4.57 Å². The topological polar surface area (TPSA) is 69.9 Å². The van der Waals surface area contributed by atoms with Crippen molar-refractivity contribution in [2.75, 3.05) is 0 Å². The van der Waals surface area contributed by atoms with Crippen molar-refractivity contribution in [2.45, 2.75) is 20.3 Å². The van der Waals surface area contributed by atoms with Crippen molar-refractivity contribution in [3.63, 3.8) is 0 Å². The molecule has 0 spiro atoms. The lowest BCUT2D eigenvalue weighted by molar-refractivity contribution is 0.668. The van der Waals surface area contributed by atoms with Gasteiger partial charge in [0.2, 0.25) is 5.95 Å². The first-order chi connectivity index (χ1) is 35.6. The van der Waals surface area contributed by atoms with Crippen LogP contribution >= 0.6 is 0 Å². The van der Waals surface area contributed by atoms with Crippen LogP contribution in [0.3, 0.4) is 0 Å². The minimum Gasteiger partial charge on any atom is -0.456 e. The molecular formula is C66H46N4O2. The molecule has 6 nitrogen and oxygen atoms in total. The lowest BCUT2D eigenvalue weighted by Gasteiger charge is -2.15. The maximum absolute atomic E-state index is 6.41. The van der Waals surface area contributed by atoms with E-state index >= 15 is 0 Å². The molecule has 0 N–H and O–H groups in total. The molecule has 2 unspecified atom stereocenters. The van der Waals surface area contributed by atoms with E-state index in [1.165, 1.54) is 0 Å². The van der Waals surface area contributed by atoms with E-state index in [4.69, 9.17) is 23.8 Å². The van der Waals surface area contributed by atoms with E-state index in [0.717, 1.165) is 128 Å². The van der Waals surface area contributed by atoms with E-state index in [9.17, 15) is 0 Å². The molecule has 0 saturated heterocycles. The average Bonchev–Trinajstić information content (AvgIpc) is 3.81.